The van der Waals surface area contributed by atoms with Crippen LogP contribution < -0.4 is 5.32 Å². The van der Waals surface area contributed by atoms with Gasteiger partial charge in [0, 0.05) is 6.54 Å². The molecule has 0 saturated carbocycles. The lowest BCUT2D eigenvalue weighted by Gasteiger charge is -2.26. The number of carbonyl (C=O) groups excluding carboxylic acids is 3. The number of amides is 4. The van der Waals surface area contributed by atoms with E-state index >= 15 is 0 Å². The molecule has 1 aromatic carbocycles. The number of carbonyl (C=O) groups is 3. The third-order valence-electron chi connectivity index (χ3n) is 5.64. The molecule has 1 aliphatic rings. The SMILES string of the molecule is CCCN(Cc1nnc(-c2cccs2)o1)C(=O)CN1C(=O)N[C@@](CC)(c2ccccc2)C1=O. The van der Waals surface area contributed by atoms with Crippen LogP contribution in [0, 0.1) is 0 Å². The van der Waals surface area contributed by atoms with E-state index in [9.17, 15) is 14.4 Å². The number of nitrogens with one attached hydrogen (secondary N) is 1. The Morgan fingerprint density at radius 2 is 1.94 bits per heavy atom. The quantitative estimate of drug-likeness (QED) is 0.483. The highest BCUT2D eigenvalue weighted by Gasteiger charge is 2.51. The van der Waals surface area contributed by atoms with Crippen molar-refractivity contribution in [2.75, 3.05) is 13.1 Å². The first-order valence-electron chi connectivity index (χ1n) is 10.8. The number of urea groups is 1. The number of benzene rings is 1. The van der Waals surface area contributed by atoms with Crippen molar-refractivity contribution in [3.8, 4) is 10.8 Å². The first-order valence-corrected chi connectivity index (χ1v) is 11.7. The van der Waals surface area contributed by atoms with Gasteiger partial charge in [-0.3, -0.25) is 14.5 Å². The number of hydrogen-bond donors (Lipinski definition) is 1. The summed E-state index contributed by atoms with van der Waals surface area (Å²) < 4.78 is 5.71. The first-order chi connectivity index (χ1) is 16.0. The maximum absolute atomic E-state index is 13.3. The van der Waals surface area contributed by atoms with Crippen molar-refractivity contribution in [1.29, 1.82) is 0 Å². The van der Waals surface area contributed by atoms with Gasteiger partial charge in [-0.15, -0.1) is 21.5 Å². The van der Waals surface area contributed by atoms with Crippen molar-refractivity contribution in [2.24, 2.45) is 0 Å². The van der Waals surface area contributed by atoms with Gasteiger partial charge in [-0.1, -0.05) is 50.2 Å². The summed E-state index contributed by atoms with van der Waals surface area (Å²) in [7, 11) is 0. The molecule has 0 bridgehead atoms. The molecule has 1 saturated heterocycles. The minimum Gasteiger partial charge on any atom is -0.418 e. The van der Waals surface area contributed by atoms with Crippen molar-refractivity contribution in [3.05, 3.63) is 59.3 Å². The summed E-state index contributed by atoms with van der Waals surface area (Å²) in [5.41, 5.74) is -0.478. The zero-order valence-corrected chi connectivity index (χ0v) is 19.3. The smallest absolute Gasteiger partial charge is 0.325 e. The molecule has 0 aliphatic carbocycles. The Hall–Kier alpha value is -3.53. The van der Waals surface area contributed by atoms with Gasteiger partial charge < -0.3 is 14.6 Å². The van der Waals surface area contributed by atoms with Crippen LogP contribution in [0.25, 0.3) is 10.8 Å². The van der Waals surface area contributed by atoms with E-state index < -0.39 is 17.5 Å². The summed E-state index contributed by atoms with van der Waals surface area (Å²) in [6, 6.07) is 12.3. The van der Waals surface area contributed by atoms with Crippen LogP contribution in [0.2, 0.25) is 0 Å². The average molecular weight is 468 g/mol. The Morgan fingerprint density at radius 3 is 2.61 bits per heavy atom. The molecule has 1 fully saturated rings. The highest BCUT2D eigenvalue weighted by Crippen LogP contribution is 2.32. The molecular weight excluding hydrogens is 442 g/mol. The zero-order chi connectivity index (χ0) is 23.4. The lowest BCUT2D eigenvalue weighted by molar-refractivity contribution is -0.139. The van der Waals surface area contributed by atoms with E-state index in [1.165, 1.54) is 16.2 Å². The Kier molecular flexibility index (Phi) is 6.55. The van der Waals surface area contributed by atoms with Gasteiger partial charge in [0.05, 0.1) is 11.4 Å². The normalized spacial score (nSPS) is 17.9. The lowest BCUT2D eigenvalue weighted by Crippen LogP contribution is -2.45. The fourth-order valence-corrected chi connectivity index (χ4v) is 4.55. The van der Waals surface area contributed by atoms with Gasteiger partial charge in [0.25, 0.3) is 11.8 Å². The topological polar surface area (TPSA) is 109 Å². The molecule has 4 rings (SSSR count). The fourth-order valence-electron chi connectivity index (χ4n) is 3.91. The van der Waals surface area contributed by atoms with E-state index in [2.05, 4.69) is 15.5 Å². The molecule has 9 nitrogen and oxygen atoms in total. The van der Waals surface area contributed by atoms with Crippen LogP contribution in [0.15, 0.2) is 52.3 Å². The maximum Gasteiger partial charge on any atom is 0.325 e. The molecule has 3 aromatic rings. The number of nitrogens with zero attached hydrogens (tertiary/aromatic N) is 4. The Balaban J connectivity index is 1.49. The van der Waals surface area contributed by atoms with Crippen LogP contribution >= 0.6 is 11.3 Å². The molecule has 1 atom stereocenters. The minimum absolute atomic E-state index is 0.103. The van der Waals surface area contributed by atoms with Crippen LogP contribution in [0.4, 0.5) is 4.79 Å². The zero-order valence-electron chi connectivity index (χ0n) is 18.5. The molecule has 3 heterocycles. The van der Waals surface area contributed by atoms with Gasteiger partial charge in [-0.25, -0.2) is 4.79 Å². The molecule has 0 unspecified atom stereocenters. The summed E-state index contributed by atoms with van der Waals surface area (Å²) in [5.74, 6) is -0.0989. The third-order valence-corrected chi connectivity index (χ3v) is 6.50. The van der Waals surface area contributed by atoms with E-state index in [0.717, 1.165) is 9.78 Å². The summed E-state index contributed by atoms with van der Waals surface area (Å²) >= 11 is 1.48. The van der Waals surface area contributed by atoms with Gasteiger partial charge in [-0.05, 0) is 29.9 Å². The van der Waals surface area contributed by atoms with E-state index in [4.69, 9.17) is 4.42 Å². The van der Waals surface area contributed by atoms with Crippen molar-refractivity contribution >= 4 is 29.2 Å². The molecule has 0 spiro atoms. The Bertz CT molecular complexity index is 1130. The predicted octanol–water partition coefficient (Wildman–Crippen LogP) is 3.39. The van der Waals surface area contributed by atoms with Crippen molar-refractivity contribution in [1.82, 2.24) is 25.3 Å². The molecule has 4 amide bonds. The second-order valence-electron chi connectivity index (χ2n) is 7.74. The van der Waals surface area contributed by atoms with Crippen LogP contribution in [0.1, 0.15) is 38.1 Å². The van der Waals surface area contributed by atoms with Gasteiger partial charge in [0.1, 0.15) is 12.1 Å². The maximum atomic E-state index is 13.3. The summed E-state index contributed by atoms with van der Waals surface area (Å²) in [6.07, 6.45) is 1.07. The van der Waals surface area contributed by atoms with Gasteiger partial charge in [-0.2, -0.15) is 0 Å². The largest absolute Gasteiger partial charge is 0.418 e. The minimum atomic E-state index is -1.17. The first kappa shape index (κ1) is 22.7. The highest BCUT2D eigenvalue weighted by atomic mass is 32.1. The van der Waals surface area contributed by atoms with Crippen LogP contribution in [-0.4, -0.2) is 50.9 Å². The monoisotopic (exact) mass is 467 g/mol. The van der Waals surface area contributed by atoms with Crippen LogP contribution in [-0.2, 0) is 21.7 Å². The van der Waals surface area contributed by atoms with E-state index in [0.29, 0.717) is 36.7 Å². The second-order valence-corrected chi connectivity index (χ2v) is 8.69. The Morgan fingerprint density at radius 1 is 1.15 bits per heavy atom. The molecule has 1 N–H and O–H groups in total. The molecular formula is C23H25N5O4S. The van der Waals surface area contributed by atoms with Crippen molar-refractivity contribution < 1.29 is 18.8 Å². The number of thiophene rings is 1. The average Bonchev–Trinajstić information content (AvgIpc) is 3.56. The van der Waals surface area contributed by atoms with Crippen molar-refractivity contribution in [3.63, 3.8) is 0 Å². The summed E-state index contributed by atoms with van der Waals surface area (Å²) in [6.45, 7) is 3.95. The fraction of sp³-hybridized carbons (Fsp3) is 0.348. The van der Waals surface area contributed by atoms with E-state index in [1.807, 2.05) is 49.6 Å². The van der Waals surface area contributed by atoms with E-state index in [1.54, 1.807) is 12.1 Å². The number of aromatic nitrogens is 2. The van der Waals surface area contributed by atoms with Gasteiger partial charge >= 0.3 is 6.03 Å². The Labute approximate surface area is 195 Å². The van der Waals surface area contributed by atoms with E-state index in [-0.39, 0.29) is 19.0 Å². The molecule has 10 heteroatoms. The molecule has 0 radical (unpaired) electrons. The standard InChI is InChI=1S/C23H25N5O4S/c1-3-12-27(14-18-25-26-20(32-18)17-11-8-13-33-17)19(29)15-28-21(30)23(4-2,24-22(28)31)16-9-6-5-7-10-16/h5-11,13H,3-4,12,14-15H2,1-2H3,(H,24,31)/t23-/m0/s1. The summed E-state index contributed by atoms with van der Waals surface area (Å²) in [4.78, 5) is 42.5. The molecule has 1 aliphatic heterocycles. The molecule has 172 valence electrons. The molecule has 33 heavy (non-hydrogen) atoms. The highest BCUT2D eigenvalue weighted by molar-refractivity contribution is 7.13. The van der Waals surface area contributed by atoms with Gasteiger partial charge in [0.15, 0.2) is 0 Å². The summed E-state index contributed by atoms with van der Waals surface area (Å²) in [5, 5.41) is 12.8. The van der Waals surface area contributed by atoms with Crippen LogP contribution in [0.3, 0.4) is 0 Å². The second kappa shape index (κ2) is 9.53. The number of rotatable bonds is 9. The lowest BCUT2D eigenvalue weighted by atomic mass is 9.87. The van der Waals surface area contributed by atoms with Gasteiger partial charge in [0.2, 0.25) is 11.8 Å². The number of imide groups is 1. The predicted molar refractivity (Wildman–Crippen MR) is 122 cm³/mol. The number of hydrogen-bond acceptors (Lipinski definition) is 7. The molecule has 2 aromatic heterocycles. The van der Waals surface area contributed by atoms with Crippen LogP contribution in [0.5, 0.6) is 0 Å². The third kappa shape index (κ3) is 4.38. The van der Waals surface area contributed by atoms with Crippen molar-refractivity contribution in [2.45, 2.75) is 38.8 Å².